The number of carbonyl (C=O) groups is 2. The Labute approximate surface area is 162 Å². The highest BCUT2D eigenvalue weighted by Gasteiger charge is 2.14. The summed E-state index contributed by atoms with van der Waals surface area (Å²) in [5.74, 6) is -1.21. The van der Waals surface area contributed by atoms with Gasteiger partial charge in [0.15, 0.2) is 0 Å². The quantitative estimate of drug-likeness (QED) is 0.400. The highest BCUT2D eigenvalue weighted by Crippen LogP contribution is 2.15. The Bertz CT molecular complexity index is 833. The minimum absolute atomic E-state index is 0.209. The van der Waals surface area contributed by atoms with Crippen molar-refractivity contribution in [1.82, 2.24) is 4.57 Å². The van der Waals surface area contributed by atoms with Gasteiger partial charge in [0.05, 0.1) is 31.9 Å². The Morgan fingerprint density at radius 2 is 1.86 bits per heavy atom. The third-order valence-corrected chi connectivity index (χ3v) is 3.88. The van der Waals surface area contributed by atoms with Crippen LogP contribution in [0.25, 0.3) is 10.9 Å². The largest absolute Gasteiger partial charge is 0.483 e. The predicted octanol–water partition coefficient (Wildman–Crippen LogP) is 0.955. The summed E-state index contributed by atoms with van der Waals surface area (Å²) >= 11 is 0. The van der Waals surface area contributed by atoms with Gasteiger partial charge in [-0.1, -0.05) is 6.07 Å². The van der Waals surface area contributed by atoms with Crippen LogP contribution in [0.3, 0.4) is 0 Å². The fraction of sp³-hybridized carbons (Fsp3) is 0.421. The fourth-order valence-corrected chi connectivity index (χ4v) is 2.61. The van der Waals surface area contributed by atoms with E-state index in [-0.39, 0.29) is 12.0 Å². The summed E-state index contributed by atoms with van der Waals surface area (Å²) in [6, 6.07) is 5.54. The van der Waals surface area contributed by atoms with Gasteiger partial charge in [-0.25, -0.2) is 4.79 Å². The Balaban J connectivity index is 0.00000122. The van der Waals surface area contributed by atoms with Crippen molar-refractivity contribution in [3.63, 3.8) is 0 Å². The summed E-state index contributed by atoms with van der Waals surface area (Å²) < 4.78 is 12.5. The molecule has 28 heavy (non-hydrogen) atoms. The third-order valence-electron chi connectivity index (χ3n) is 3.88. The molecule has 0 unspecified atom stereocenters. The smallest absolute Gasteiger partial charge is 0.341 e. The molecule has 0 aliphatic carbocycles. The first-order valence-electron chi connectivity index (χ1n) is 8.82. The number of nitrogens with zero attached hydrogens (tertiary/aromatic N) is 1. The number of benzene rings is 1. The van der Waals surface area contributed by atoms with Gasteiger partial charge in [-0.05, 0) is 31.0 Å². The van der Waals surface area contributed by atoms with E-state index in [0.29, 0.717) is 51.3 Å². The van der Waals surface area contributed by atoms with Gasteiger partial charge < -0.3 is 30.0 Å². The first-order valence-corrected chi connectivity index (χ1v) is 8.82. The molecule has 154 valence electrons. The van der Waals surface area contributed by atoms with Gasteiger partial charge in [0.1, 0.15) is 5.56 Å². The maximum Gasteiger partial charge on any atom is 0.341 e. The molecule has 0 saturated heterocycles. The number of aryl methyl sites for hydroxylation is 1. The van der Waals surface area contributed by atoms with E-state index in [9.17, 15) is 14.7 Å². The van der Waals surface area contributed by atoms with Crippen LogP contribution < -0.4 is 11.2 Å². The normalized spacial score (nSPS) is 10.4. The molecule has 1 aromatic heterocycles. The SMILES string of the molecule is CCn1cc(C(=O)O)c(=O)c2cc(CCOCCOCCN)ccc21.O=CO. The number of aromatic carboxylic acids is 1. The molecule has 0 spiro atoms. The number of pyridine rings is 1. The zero-order chi connectivity index (χ0) is 20.9. The fourth-order valence-electron chi connectivity index (χ4n) is 2.61. The van der Waals surface area contributed by atoms with Crippen molar-refractivity contribution in [2.24, 2.45) is 5.73 Å². The summed E-state index contributed by atoms with van der Waals surface area (Å²) in [6.45, 7) is 4.73. The molecule has 1 aromatic carbocycles. The number of nitrogens with two attached hydrogens (primary N) is 1. The molecule has 0 saturated carbocycles. The second kappa shape index (κ2) is 12.6. The average molecular weight is 394 g/mol. The standard InChI is InChI=1S/C18H24N2O5.CH2O2/c1-2-20-12-15(18(22)23)17(21)14-11-13(3-4-16(14)20)5-7-24-9-10-25-8-6-19;2-1-3/h3-4,11-12H,2,5-10,19H2,1H3,(H,22,23);1H,(H,2,3). The van der Waals surface area contributed by atoms with Crippen LogP contribution >= 0.6 is 0 Å². The van der Waals surface area contributed by atoms with Crippen LogP contribution in [0, 0.1) is 0 Å². The Kier molecular flexibility index (Phi) is 10.5. The number of ether oxygens (including phenoxy) is 2. The summed E-state index contributed by atoms with van der Waals surface area (Å²) in [5, 5.41) is 16.5. The van der Waals surface area contributed by atoms with E-state index in [1.54, 1.807) is 10.6 Å². The Morgan fingerprint density at radius 3 is 2.43 bits per heavy atom. The monoisotopic (exact) mass is 394 g/mol. The molecule has 1 heterocycles. The molecule has 9 nitrogen and oxygen atoms in total. The Morgan fingerprint density at radius 1 is 1.21 bits per heavy atom. The zero-order valence-electron chi connectivity index (χ0n) is 15.8. The lowest BCUT2D eigenvalue weighted by Gasteiger charge is -2.11. The molecule has 0 aliphatic heterocycles. The summed E-state index contributed by atoms with van der Waals surface area (Å²) in [6.07, 6.45) is 2.03. The molecule has 9 heteroatoms. The molecule has 0 aliphatic rings. The molecule has 0 radical (unpaired) electrons. The number of hydrogen-bond acceptors (Lipinski definition) is 6. The summed E-state index contributed by atoms with van der Waals surface area (Å²) in [7, 11) is 0. The summed E-state index contributed by atoms with van der Waals surface area (Å²) in [5.41, 5.74) is 6.32. The van der Waals surface area contributed by atoms with Gasteiger partial charge in [-0.15, -0.1) is 0 Å². The molecular formula is C19H26N2O7. The van der Waals surface area contributed by atoms with Gasteiger partial charge >= 0.3 is 5.97 Å². The third kappa shape index (κ3) is 6.76. The van der Waals surface area contributed by atoms with Gasteiger partial charge in [-0.2, -0.15) is 0 Å². The van der Waals surface area contributed by atoms with Gasteiger partial charge in [0.2, 0.25) is 5.43 Å². The van der Waals surface area contributed by atoms with Crippen LogP contribution in [-0.4, -0.2) is 60.2 Å². The molecule has 0 amide bonds. The highest BCUT2D eigenvalue weighted by molar-refractivity contribution is 5.92. The lowest BCUT2D eigenvalue weighted by atomic mass is 10.1. The van der Waals surface area contributed by atoms with E-state index in [1.807, 2.05) is 19.1 Å². The lowest BCUT2D eigenvalue weighted by Crippen LogP contribution is -2.19. The number of hydrogen-bond donors (Lipinski definition) is 3. The van der Waals surface area contributed by atoms with E-state index in [0.717, 1.165) is 11.1 Å². The van der Waals surface area contributed by atoms with Gasteiger partial charge in [0, 0.05) is 24.7 Å². The van der Waals surface area contributed by atoms with E-state index in [1.165, 1.54) is 6.20 Å². The van der Waals surface area contributed by atoms with E-state index >= 15 is 0 Å². The average Bonchev–Trinajstić information content (AvgIpc) is 2.68. The van der Waals surface area contributed by atoms with Crippen molar-refractivity contribution in [2.75, 3.05) is 33.0 Å². The maximum absolute atomic E-state index is 12.4. The first kappa shape index (κ1) is 23.3. The van der Waals surface area contributed by atoms with E-state index < -0.39 is 11.4 Å². The molecule has 0 fully saturated rings. The first-order chi connectivity index (χ1) is 13.5. The van der Waals surface area contributed by atoms with Crippen LogP contribution in [-0.2, 0) is 27.2 Å². The second-order valence-electron chi connectivity index (χ2n) is 5.68. The van der Waals surface area contributed by atoms with Gasteiger partial charge in [0.25, 0.3) is 6.47 Å². The number of carboxylic acid groups (broad SMARTS) is 2. The zero-order valence-corrected chi connectivity index (χ0v) is 15.8. The predicted molar refractivity (Wildman–Crippen MR) is 104 cm³/mol. The van der Waals surface area contributed by atoms with Crippen LogP contribution in [0.1, 0.15) is 22.8 Å². The second-order valence-corrected chi connectivity index (χ2v) is 5.68. The van der Waals surface area contributed by atoms with Crippen molar-refractivity contribution < 1.29 is 29.3 Å². The van der Waals surface area contributed by atoms with Crippen molar-refractivity contribution in [3.05, 3.63) is 45.7 Å². The number of carboxylic acids is 1. The summed E-state index contributed by atoms with van der Waals surface area (Å²) in [4.78, 5) is 32.1. The van der Waals surface area contributed by atoms with Crippen molar-refractivity contribution >= 4 is 23.3 Å². The Hall–Kier alpha value is -2.75. The molecule has 4 N–H and O–H groups in total. The molecule has 0 bridgehead atoms. The molecule has 2 aromatic rings. The van der Waals surface area contributed by atoms with Crippen LogP contribution in [0.4, 0.5) is 0 Å². The maximum atomic E-state index is 12.4. The van der Waals surface area contributed by atoms with Crippen molar-refractivity contribution in [1.29, 1.82) is 0 Å². The number of fused-ring (bicyclic) bond motifs is 1. The van der Waals surface area contributed by atoms with E-state index in [4.69, 9.17) is 25.1 Å². The van der Waals surface area contributed by atoms with E-state index in [2.05, 4.69) is 0 Å². The van der Waals surface area contributed by atoms with Crippen LogP contribution in [0.15, 0.2) is 29.2 Å². The van der Waals surface area contributed by atoms with Crippen molar-refractivity contribution in [3.8, 4) is 0 Å². The van der Waals surface area contributed by atoms with Gasteiger partial charge in [-0.3, -0.25) is 9.59 Å². The van der Waals surface area contributed by atoms with Crippen LogP contribution in [0.2, 0.25) is 0 Å². The molecule has 0 atom stereocenters. The minimum atomic E-state index is -1.21. The topological polar surface area (TPSA) is 141 Å². The van der Waals surface area contributed by atoms with Crippen molar-refractivity contribution in [2.45, 2.75) is 19.9 Å². The lowest BCUT2D eigenvalue weighted by molar-refractivity contribution is -0.122. The molecular weight excluding hydrogens is 368 g/mol. The minimum Gasteiger partial charge on any atom is -0.483 e. The van der Waals surface area contributed by atoms with Crippen LogP contribution in [0.5, 0.6) is 0 Å². The highest BCUT2D eigenvalue weighted by atomic mass is 16.5. The molecule has 2 rings (SSSR count). The number of rotatable bonds is 10. The number of aromatic nitrogens is 1.